The Morgan fingerprint density at radius 1 is 1.43 bits per heavy atom. The van der Waals surface area contributed by atoms with Crippen LogP contribution in [0.3, 0.4) is 0 Å². The van der Waals surface area contributed by atoms with Gasteiger partial charge in [-0.15, -0.1) is 6.42 Å². The smallest absolute Gasteiger partial charge is 0.254 e. The van der Waals surface area contributed by atoms with Gasteiger partial charge in [-0.1, -0.05) is 19.8 Å². The quantitative estimate of drug-likeness (QED) is 0.482. The lowest BCUT2D eigenvalue weighted by Crippen LogP contribution is -2.46. The van der Waals surface area contributed by atoms with Gasteiger partial charge in [-0.05, 0) is 5.41 Å². The van der Waals surface area contributed by atoms with Crippen molar-refractivity contribution >= 4 is 11.8 Å². The molecular formula is C10H13NO3. The first-order valence-electron chi connectivity index (χ1n) is 4.38. The normalized spacial score (nSPS) is 20.8. The van der Waals surface area contributed by atoms with E-state index >= 15 is 0 Å². The second-order valence-electron chi connectivity index (χ2n) is 4.08. The number of nitrogens with zero attached hydrogens (tertiary/aromatic N) is 1. The number of rotatable bonds is 2. The fourth-order valence-corrected chi connectivity index (χ4v) is 1.41. The van der Waals surface area contributed by atoms with Gasteiger partial charge in [0.25, 0.3) is 11.8 Å². The molecule has 0 N–H and O–H groups in total. The molecule has 0 bridgehead atoms. The van der Waals surface area contributed by atoms with Gasteiger partial charge in [-0.25, -0.2) is 0 Å². The van der Waals surface area contributed by atoms with Gasteiger partial charge in [0.2, 0.25) is 0 Å². The van der Waals surface area contributed by atoms with Crippen LogP contribution in [0.4, 0.5) is 0 Å². The van der Waals surface area contributed by atoms with E-state index in [1.165, 1.54) is 0 Å². The molecule has 0 unspecified atom stereocenters. The predicted molar refractivity (Wildman–Crippen MR) is 49.7 cm³/mol. The highest BCUT2D eigenvalue weighted by Gasteiger charge is 2.38. The van der Waals surface area contributed by atoms with Crippen LogP contribution in [0.2, 0.25) is 0 Å². The van der Waals surface area contributed by atoms with E-state index in [1.807, 2.05) is 13.8 Å². The van der Waals surface area contributed by atoms with E-state index in [0.717, 1.165) is 5.06 Å². The molecule has 0 spiro atoms. The van der Waals surface area contributed by atoms with Crippen LogP contribution in [0, 0.1) is 17.8 Å². The topological polar surface area (TPSA) is 46.6 Å². The lowest BCUT2D eigenvalue weighted by molar-refractivity contribution is -0.200. The standard InChI is InChI=1S/C10H13NO3/c1-4-5-14-11-8(12)6-10(2,3)7-9(11)13/h1H,5-7H2,2-3H3. The molecule has 2 amide bonds. The third-order valence-corrected chi connectivity index (χ3v) is 1.99. The molecular weight excluding hydrogens is 182 g/mol. The van der Waals surface area contributed by atoms with E-state index in [2.05, 4.69) is 5.92 Å². The molecule has 1 saturated heterocycles. The molecule has 0 aromatic carbocycles. The molecule has 76 valence electrons. The number of terminal acetylenes is 1. The Morgan fingerprint density at radius 3 is 2.36 bits per heavy atom. The van der Waals surface area contributed by atoms with Crippen molar-refractivity contribution in [2.75, 3.05) is 6.61 Å². The van der Waals surface area contributed by atoms with Crippen molar-refractivity contribution in [1.82, 2.24) is 5.06 Å². The molecule has 1 aliphatic heterocycles. The molecule has 1 heterocycles. The molecule has 4 heteroatoms. The lowest BCUT2D eigenvalue weighted by Gasteiger charge is -2.33. The number of carbonyl (C=O) groups excluding carboxylic acids is 2. The van der Waals surface area contributed by atoms with Crippen LogP contribution in [0.1, 0.15) is 26.7 Å². The fraction of sp³-hybridized carbons (Fsp3) is 0.600. The first kappa shape index (κ1) is 10.7. The third kappa shape index (κ3) is 2.33. The zero-order valence-corrected chi connectivity index (χ0v) is 8.37. The van der Waals surface area contributed by atoms with Gasteiger partial charge in [0.05, 0.1) is 0 Å². The van der Waals surface area contributed by atoms with Crippen molar-refractivity contribution in [3.8, 4) is 12.3 Å². The SMILES string of the molecule is C#CCON1C(=O)CC(C)(C)CC1=O. The van der Waals surface area contributed by atoms with Crippen molar-refractivity contribution in [2.45, 2.75) is 26.7 Å². The van der Waals surface area contributed by atoms with Gasteiger partial charge in [0.1, 0.15) is 6.61 Å². The number of hydrogen-bond donors (Lipinski definition) is 0. The maximum absolute atomic E-state index is 11.4. The minimum Gasteiger partial charge on any atom is -0.272 e. The Bertz CT molecular complexity index is 281. The maximum Gasteiger partial charge on any atom is 0.254 e. The average Bonchev–Trinajstić information content (AvgIpc) is 2.00. The zero-order chi connectivity index (χ0) is 10.8. The van der Waals surface area contributed by atoms with E-state index in [-0.39, 0.29) is 23.8 Å². The predicted octanol–water partition coefficient (Wildman–Crippen LogP) is 0.726. The third-order valence-electron chi connectivity index (χ3n) is 1.99. The van der Waals surface area contributed by atoms with Gasteiger partial charge in [0, 0.05) is 12.8 Å². The minimum atomic E-state index is -0.318. The number of piperidine rings is 1. The lowest BCUT2D eigenvalue weighted by atomic mass is 9.82. The van der Waals surface area contributed by atoms with Gasteiger partial charge < -0.3 is 0 Å². The second kappa shape index (κ2) is 3.81. The Morgan fingerprint density at radius 2 is 1.93 bits per heavy atom. The van der Waals surface area contributed by atoms with E-state index in [4.69, 9.17) is 11.3 Å². The maximum atomic E-state index is 11.4. The summed E-state index contributed by atoms with van der Waals surface area (Å²) in [4.78, 5) is 27.7. The van der Waals surface area contributed by atoms with Crippen LogP contribution < -0.4 is 0 Å². The van der Waals surface area contributed by atoms with Crippen LogP contribution >= 0.6 is 0 Å². The summed E-state index contributed by atoms with van der Waals surface area (Å²) in [6, 6.07) is 0. The Labute approximate surface area is 83.2 Å². The van der Waals surface area contributed by atoms with Crippen LogP contribution in [0.15, 0.2) is 0 Å². The summed E-state index contributed by atoms with van der Waals surface area (Å²) in [6.07, 6.45) is 5.58. The summed E-state index contributed by atoms with van der Waals surface area (Å²) in [5.74, 6) is 1.57. The Balaban J connectivity index is 2.67. The molecule has 0 aliphatic carbocycles. The van der Waals surface area contributed by atoms with E-state index in [9.17, 15) is 9.59 Å². The number of imide groups is 1. The molecule has 0 atom stereocenters. The van der Waals surface area contributed by atoms with Crippen molar-refractivity contribution in [3.63, 3.8) is 0 Å². The monoisotopic (exact) mass is 195 g/mol. The fourth-order valence-electron chi connectivity index (χ4n) is 1.41. The van der Waals surface area contributed by atoms with Gasteiger partial charge in [-0.3, -0.25) is 14.4 Å². The van der Waals surface area contributed by atoms with Crippen LogP contribution in [-0.2, 0) is 14.4 Å². The molecule has 1 rings (SSSR count). The summed E-state index contributed by atoms with van der Waals surface area (Å²) in [7, 11) is 0. The van der Waals surface area contributed by atoms with Crippen LogP contribution in [-0.4, -0.2) is 23.5 Å². The van der Waals surface area contributed by atoms with E-state index < -0.39 is 0 Å². The first-order chi connectivity index (χ1) is 6.46. The summed E-state index contributed by atoms with van der Waals surface area (Å²) >= 11 is 0. The summed E-state index contributed by atoms with van der Waals surface area (Å²) in [5, 5.41) is 0.783. The summed E-state index contributed by atoms with van der Waals surface area (Å²) in [5.41, 5.74) is -0.274. The molecule has 0 saturated carbocycles. The number of amides is 2. The molecule has 1 aliphatic rings. The van der Waals surface area contributed by atoms with Crippen LogP contribution in [0.25, 0.3) is 0 Å². The number of hydrogen-bond acceptors (Lipinski definition) is 3. The van der Waals surface area contributed by atoms with Crippen molar-refractivity contribution in [3.05, 3.63) is 0 Å². The Hall–Kier alpha value is -1.34. The molecule has 1 fully saturated rings. The molecule has 14 heavy (non-hydrogen) atoms. The molecule has 0 aromatic heterocycles. The van der Waals surface area contributed by atoms with Gasteiger partial charge in [0.15, 0.2) is 0 Å². The largest absolute Gasteiger partial charge is 0.272 e. The molecule has 4 nitrogen and oxygen atoms in total. The Kier molecular flexibility index (Phi) is 2.92. The van der Waals surface area contributed by atoms with Gasteiger partial charge in [-0.2, -0.15) is 5.06 Å². The second-order valence-corrected chi connectivity index (χ2v) is 4.08. The highest BCUT2D eigenvalue weighted by Crippen LogP contribution is 2.31. The number of hydroxylamine groups is 2. The average molecular weight is 195 g/mol. The van der Waals surface area contributed by atoms with Crippen molar-refractivity contribution < 1.29 is 14.4 Å². The highest BCUT2D eigenvalue weighted by atomic mass is 16.7. The minimum absolute atomic E-state index is 0.0576. The summed E-state index contributed by atoms with van der Waals surface area (Å²) in [6.45, 7) is 3.69. The molecule has 0 radical (unpaired) electrons. The van der Waals surface area contributed by atoms with E-state index in [0.29, 0.717) is 12.8 Å². The highest BCUT2D eigenvalue weighted by molar-refractivity contribution is 5.97. The zero-order valence-electron chi connectivity index (χ0n) is 8.37. The van der Waals surface area contributed by atoms with Crippen LogP contribution in [0.5, 0.6) is 0 Å². The van der Waals surface area contributed by atoms with E-state index in [1.54, 1.807) is 0 Å². The first-order valence-corrected chi connectivity index (χ1v) is 4.38. The number of carbonyl (C=O) groups is 2. The van der Waals surface area contributed by atoms with Crippen molar-refractivity contribution in [1.29, 1.82) is 0 Å². The van der Waals surface area contributed by atoms with Gasteiger partial charge >= 0.3 is 0 Å². The summed E-state index contributed by atoms with van der Waals surface area (Å²) < 4.78 is 0. The molecule has 0 aromatic rings. The van der Waals surface area contributed by atoms with Crippen molar-refractivity contribution in [2.24, 2.45) is 5.41 Å².